The molecule has 1 aromatic rings. The van der Waals surface area contributed by atoms with Crippen LogP contribution in [0.5, 0.6) is 0 Å². The van der Waals surface area contributed by atoms with Gasteiger partial charge in [0, 0.05) is 24.0 Å². The summed E-state index contributed by atoms with van der Waals surface area (Å²) in [6.07, 6.45) is 3.26. The van der Waals surface area contributed by atoms with Crippen molar-refractivity contribution in [3.05, 3.63) is 23.8 Å². The van der Waals surface area contributed by atoms with E-state index in [1.165, 1.54) is 5.56 Å². The number of hydrogen-bond donors (Lipinski definition) is 2. The van der Waals surface area contributed by atoms with Crippen molar-refractivity contribution in [1.82, 2.24) is 5.32 Å². The van der Waals surface area contributed by atoms with Crippen LogP contribution in [0.15, 0.2) is 18.2 Å². The Morgan fingerprint density at radius 3 is 3.06 bits per heavy atom. The third-order valence-corrected chi connectivity index (χ3v) is 3.37. The van der Waals surface area contributed by atoms with Gasteiger partial charge in [0.2, 0.25) is 5.91 Å². The molecule has 1 aliphatic heterocycles. The average Bonchev–Trinajstić information content (AvgIpc) is 3.01. The molecule has 0 saturated heterocycles. The minimum absolute atomic E-state index is 0.136. The first-order valence-electron chi connectivity index (χ1n) is 6.15. The molecule has 1 aromatic carbocycles. The molecule has 1 amide bonds. The molecule has 0 aromatic heterocycles. The molecule has 1 aliphatic carbocycles. The zero-order chi connectivity index (χ0) is 11.8. The van der Waals surface area contributed by atoms with Crippen LogP contribution in [0.4, 0.5) is 11.4 Å². The monoisotopic (exact) mass is 231 g/mol. The van der Waals surface area contributed by atoms with Gasteiger partial charge in [-0.3, -0.25) is 4.79 Å². The number of hydrogen-bond acceptors (Lipinski definition) is 3. The Labute approximate surface area is 101 Å². The molecular formula is C13H17N3O. The quantitative estimate of drug-likeness (QED) is 0.760. The van der Waals surface area contributed by atoms with Crippen molar-refractivity contribution in [1.29, 1.82) is 0 Å². The summed E-state index contributed by atoms with van der Waals surface area (Å²) in [7, 11) is 0. The third-order valence-electron chi connectivity index (χ3n) is 3.37. The van der Waals surface area contributed by atoms with Crippen molar-refractivity contribution in [3.63, 3.8) is 0 Å². The first-order valence-corrected chi connectivity index (χ1v) is 6.15. The lowest BCUT2D eigenvalue weighted by atomic mass is 10.1. The number of benzene rings is 1. The molecule has 4 nitrogen and oxygen atoms in total. The van der Waals surface area contributed by atoms with Crippen LogP contribution in [0.25, 0.3) is 0 Å². The highest BCUT2D eigenvalue weighted by molar-refractivity contribution is 5.83. The number of nitrogen functional groups attached to an aromatic ring is 1. The molecule has 17 heavy (non-hydrogen) atoms. The maximum atomic E-state index is 11.7. The smallest absolute Gasteiger partial charge is 0.239 e. The van der Waals surface area contributed by atoms with Crippen molar-refractivity contribution in [2.45, 2.75) is 25.3 Å². The van der Waals surface area contributed by atoms with Crippen LogP contribution < -0.4 is 16.0 Å². The summed E-state index contributed by atoms with van der Waals surface area (Å²) in [4.78, 5) is 13.9. The molecule has 0 spiro atoms. The van der Waals surface area contributed by atoms with Crippen molar-refractivity contribution in [2.75, 3.05) is 23.7 Å². The highest BCUT2D eigenvalue weighted by Gasteiger charge is 2.26. The molecule has 0 bridgehead atoms. The minimum Gasteiger partial charge on any atom is -0.399 e. The zero-order valence-electron chi connectivity index (χ0n) is 9.78. The summed E-state index contributed by atoms with van der Waals surface area (Å²) in [6.45, 7) is 1.38. The Morgan fingerprint density at radius 2 is 2.29 bits per heavy atom. The maximum Gasteiger partial charge on any atom is 0.239 e. The van der Waals surface area contributed by atoms with E-state index in [2.05, 4.69) is 10.2 Å². The Morgan fingerprint density at radius 1 is 1.47 bits per heavy atom. The topological polar surface area (TPSA) is 58.4 Å². The average molecular weight is 231 g/mol. The van der Waals surface area contributed by atoms with Gasteiger partial charge in [0.15, 0.2) is 0 Å². The molecule has 1 fully saturated rings. The third kappa shape index (κ3) is 2.20. The van der Waals surface area contributed by atoms with Crippen LogP contribution >= 0.6 is 0 Å². The van der Waals surface area contributed by atoms with E-state index in [-0.39, 0.29) is 5.91 Å². The SMILES string of the molecule is Nc1ccc2c(c1)CCN2CC(=O)NC1CC1. The predicted molar refractivity (Wildman–Crippen MR) is 67.9 cm³/mol. The van der Waals surface area contributed by atoms with E-state index in [4.69, 9.17) is 5.73 Å². The van der Waals surface area contributed by atoms with E-state index in [1.54, 1.807) is 0 Å². The molecule has 4 heteroatoms. The molecule has 90 valence electrons. The fourth-order valence-corrected chi connectivity index (χ4v) is 2.33. The van der Waals surface area contributed by atoms with Gasteiger partial charge in [-0.2, -0.15) is 0 Å². The maximum absolute atomic E-state index is 11.7. The van der Waals surface area contributed by atoms with Crippen LogP contribution in [0.1, 0.15) is 18.4 Å². The number of amides is 1. The number of nitrogens with one attached hydrogen (secondary N) is 1. The number of carbonyl (C=O) groups excluding carboxylic acids is 1. The second kappa shape index (κ2) is 3.95. The number of anilines is 2. The summed E-state index contributed by atoms with van der Waals surface area (Å²) in [5, 5.41) is 3.02. The Bertz CT molecular complexity index is 454. The van der Waals surface area contributed by atoms with Crippen molar-refractivity contribution < 1.29 is 4.79 Å². The van der Waals surface area contributed by atoms with E-state index >= 15 is 0 Å². The molecule has 3 rings (SSSR count). The van der Waals surface area contributed by atoms with Crippen LogP contribution in [0.3, 0.4) is 0 Å². The van der Waals surface area contributed by atoms with Crippen molar-refractivity contribution in [3.8, 4) is 0 Å². The zero-order valence-corrected chi connectivity index (χ0v) is 9.78. The number of rotatable bonds is 3. The van der Waals surface area contributed by atoms with E-state index in [0.29, 0.717) is 12.6 Å². The Balaban J connectivity index is 1.68. The minimum atomic E-state index is 0.136. The lowest BCUT2D eigenvalue weighted by molar-refractivity contribution is -0.119. The number of fused-ring (bicyclic) bond motifs is 1. The molecular weight excluding hydrogens is 214 g/mol. The fourth-order valence-electron chi connectivity index (χ4n) is 2.33. The number of carbonyl (C=O) groups is 1. The second-order valence-corrected chi connectivity index (χ2v) is 4.90. The summed E-state index contributed by atoms with van der Waals surface area (Å²) in [5.41, 5.74) is 8.96. The fraction of sp³-hybridized carbons (Fsp3) is 0.462. The van der Waals surface area contributed by atoms with E-state index in [1.807, 2.05) is 18.2 Å². The molecule has 1 heterocycles. The van der Waals surface area contributed by atoms with Crippen LogP contribution in [-0.2, 0) is 11.2 Å². The molecule has 2 aliphatic rings. The molecule has 1 saturated carbocycles. The largest absolute Gasteiger partial charge is 0.399 e. The van der Waals surface area contributed by atoms with Crippen molar-refractivity contribution in [2.24, 2.45) is 0 Å². The highest BCUT2D eigenvalue weighted by Crippen LogP contribution is 2.29. The summed E-state index contributed by atoms with van der Waals surface area (Å²) >= 11 is 0. The lowest BCUT2D eigenvalue weighted by Gasteiger charge is -2.18. The van der Waals surface area contributed by atoms with Gasteiger partial charge < -0.3 is 16.0 Å². The van der Waals surface area contributed by atoms with Gasteiger partial charge in [-0.15, -0.1) is 0 Å². The molecule has 0 radical (unpaired) electrons. The Kier molecular flexibility index (Phi) is 2.42. The van der Waals surface area contributed by atoms with Gasteiger partial charge in [0.25, 0.3) is 0 Å². The van der Waals surface area contributed by atoms with E-state index in [0.717, 1.165) is 37.2 Å². The highest BCUT2D eigenvalue weighted by atomic mass is 16.2. The van der Waals surface area contributed by atoms with Crippen LogP contribution in [0, 0.1) is 0 Å². The standard InChI is InChI=1S/C13H17N3O/c14-10-1-4-12-9(7-10)5-6-16(12)8-13(17)15-11-2-3-11/h1,4,7,11H,2-3,5-6,8,14H2,(H,15,17). The van der Waals surface area contributed by atoms with Gasteiger partial charge in [-0.25, -0.2) is 0 Å². The van der Waals surface area contributed by atoms with Crippen molar-refractivity contribution >= 4 is 17.3 Å². The van der Waals surface area contributed by atoms with Gasteiger partial charge >= 0.3 is 0 Å². The summed E-state index contributed by atoms with van der Waals surface area (Å²) in [5.74, 6) is 0.136. The first-order chi connectivity index (χ1) is 8.22. The predicted octanol–water partition coefficient (Wildman–Crippen LogP) is 0.910. The Hall–Kier alpha value is -1.71. The first kappa shape index (κ1) is 10.4. The molecule has 0 unspecified atom stereocenters. The lowest BCUT2D eigenvalue weighted by Crippen LogP contribution is -2.37. The summed E-state index contributed by atoms with van der Waals surface area (Å²) < 4.78 is 0. The number of nitrogens with two attached hydrogens (primary N) is 1. The van der Waals surface area contributed by atoms with Gasteiger partial charge in [0.05, 0.1) is 6.54 Å². The normalized spacial score (nSPS) is 18.0. The molecule has 3 N–H and O–H groups in total. The van der Waals surface area contributed by atoms with Gasteiger partial charge in [0.1, 0.15) is 0 Å². The summed E-state index contributed by atoms with van der Waals surface area (Å²) in [6, 6.07) is 6.36. The van der Waals surface area contributed by atoms with E-state index < -0.39 is 0 Å². The van der Waals surface area contributed by atoms with Crippen LogP contribution in [-0.4, -0.2) is 25.0 Å². The second-order valence-electron chi connectivity index (χ2n) is 4.90. The van der Waals surface area contributed by atoms with Gasteiger partial charge in [-0.1, -0.05) is 0 Å². The number of nitrogens with zero attached hydrogens (tertiary/aromatic N) is 1. The van der Waals surface area contributed by atoms with Crippen LogP contribution in [0.2, 0.25) is 0 Å². The van der Waals surface area contributed by atoms with Gasteiger partial charge in [-0.05, 0) is 43.0 Å². The molecule has 0 atom stereocenters. The van der Waals surface area contributed by atoms with E-state index in [9.17, 15) is 4.79 Å².